The number of hydrogen-bond acceptors (Lipinski definition) is 6. The average molecular weight is 601 g/mol. The molecule has 0 radical (unpaired) electrons. The van der Waals surface area contributed by atoms with Gasteiger partial charge in [-0.1, -0.05) is 83.9 Å². The predicted molar refractivity (Wildman–Crippen MR) is 171 cm³/mol. The Morgan fingerprint density at radius 1 is 1.05 bits per heavy atom. The van der Waals surface area contributed by atoms with Crippen LogP contribution in [0.1, 0.15) is 107 Å². The molecule has 2 bridgehead atoms. The Kier molecular flexibility index (Phi) is 13.1. The summed E-state index contributed by atoms with van der Waals surface area (Å²) in [6.07, 6.45) is 14.2. The standard InChI is InChI=1S/C35H56O6Si/c1-25(2)42(26(3)4,27(5)6)41-32-20-12-19-31(23-33-24-37-35(8,9)40-33)39-34(36)21-13-18-30-17-11-16-29(38-30)15-10-14-28(7)22-32/h11-12,17,20,25-27,29-33H,7,10,14-16,18-19,22-24H2,1-6,8-9H3. The molecule has 6 nitrogen and oxygen atoms in total. The van der Waals surface area contributed by atoms with Crippen LogP contribution in [0, 0.1) is 11.8 Å². The Morgan fingerprint density at radius 3 is 2.38 bits per heavy atom. The summed E-state index contributed by atoms with van der Waals surface area (Å²) in [6.45, 7) is 22.7. The van der Waals surface area contributed by atoms with Gasteiger partial charge in [0.05, 0.1) is 31.0 Å². The van der Waals surface area contributed by atoms with Crippen molar-refractivity contribution in [3.63, 3.8) is 0 Å². The SMILES string of the molecule is C=C1CCCC2CC=CC(CC#CC(=O)OC(CC3COC(C)(C)O3)CC=CC(O[Si](C(C)C)(C(C)C)C(C)C)C1)O2. The second-order valence-corrected chi connectivity index (χ2v) is 19.1. The summed E-state index contributed by atoms with van der Waals surface area (Å²) in [5.74, 6) is 4.53. The lowest BCUT2D eigenvalue weighted by Crippen LogP contribution is -2.50. The number of esters is 1. The average Bonchev–Trinajstić information content (AvgIpc) is 3.23. The van der Waals surface area contributed by atoms with E-state index >= 15 is 0 Å². The third kappa shape index (κ3) is 10.2. The van der Waals surface area contributed by atoms with Crippen LogP contribution < -0.4 is 0 Å². The number of ether oxygens (including phenoxy) is 4. The molecule has 5 atom stereocenters. The number of hydrogen-bond donors (Lipinski definition) is 0. The van der Waals surface area contributed by atoms with E-state index in [-0.39, 0.29) is 30.5 Å². The summed E-state index contributed by atoms with van der Waals surface area (Å²) in [6, 6.07) is 0. The smallest absolute Gasteiger partial charge is 0.384 e. The lowest BCUT2D eigenvalue weighted by molar-refractivity contribution is -0.149. The maximum atomic E-state index is 12.8. The van der Waals surface area contributed by atoms with E-state index in [0.717, 1.165) is 32.1 Å². The van der Waals surface area contributed by atoms with Crippen LogP contribution in [-0.4, -0.2) is 57.2 Å². The van der Waals surface area contributed by atoms with Gasteiger partial charge in [0.1, 0.15) is 6.10 Å². The first-order valence-corrected chi connectivity index (χ1v) is 18.3. The first-order chi connectivity index (χ1) is 19.8. The van der Waals surface area contributed by atoms with Gasteiger partial charge in [0.2, 0.25) is 8.32 Å². The van der Waals surface area contributed by atoms with Gasteiger partial charge in [0.15, 0.2) is 5.79 Å². The Balaban J connectivity index is 1.86. The molecule has 3 rings (SSSR count). The van der Waals surface area contributed by atoms with Crippen molar-refractivity contribution in [1.82, 2.24) is 0 Å². The van der Waals surface area contributed by atoms with E-state index in [1.807, 2.05) is 13.8 Å². The van der Waals surface area contributed by atoms with Crippen LogP contribution in [-0.2, 0) is 28.2 Å². The van der Waals surface area contributed by atoms with E-state index in [0.29, 0.717) is 42.5 Å². The quantitative estimate of drug-likeness (QED) is 0.0965. The molecule has 1 fully saturated rings. The van der Waals surface area contributed by atoms with Gasteiger partial charge in [-0.15, -0.1) is 0 Å². The van der Waals surface area contributed by atoms with Gasteiger partial charge in [-0.3, -0.25) is 0 Å². The Labute approximate surface area is 256 Å². The maximum Gasteiger partial charge on any atom is 0.384 e. The largest absolute Gasteiger partial charge is 0.452 e. The number of fused-ring (bicyclic) bond motifs is 2. The Morgan fingerprint density at radius 2 is 1.74 bits per heavy atom. The van der Waals surface area contributed by atoms with Crippen LogP contribution in [0.25, 0.3) is 0 Å². The van der Waals surface area contributed by atoms with Gasteiger partial charge < -0.3 is 23.4 Å². The molecule has 0 saturated carbocycles. The fraction of sp³-hybridized carbons (Fsp3) is 0.743. The van der Waals surface area contributed by atoms with Crippen molar-refractivity contribution >= 4 is 14.3 Å². The van der Waals surface area contributed by atoms with Gasteiger partial charge in [-0.2, -0.15) is 0 Å². The zero-order chi connectivity index (χ0) is 30.9. The van der Waals surface area contributed by atoms with Crippen molar-refractivity contribution in [2.45, 2.75) is 160 Å². The predicted octanol–water partition coefficient (Wildman–Crippen LogP) is 8.18. The van der Waals surface area contributed by atoms with Crippen molar-refractivity contribution in [3.8, 4) is 11.8 Å². The normalized spacial score (nSPS) is 29.7. The lowest BCUT2D eigenvalue weighted by atomic mass is 9.99. The monoisotopic (exact) mass is 600 g/mol. The minimum atomic E-state index is -2.13. The van der Waals surface area contributed by atoms with Gasteiger partial charge >= 0.3 is 5.97 Å². The van der Waals surface area contributed by atoms with Crippen LogP contribution in [0.15, 0.2) is 36.5 Å². The molecule has 236 valence electrons. The number of rotatable bonds is 7. The highest BCUT2D eigenvalue weighted by Crippen LogP contribution is 2.44. The fourth-order valence-corrected chi connectivity index (χ4v) is 12.5. The third-order valence-electron chi connectivity index (χ3n) is 8.84. The van der Waals surface area contributed by atoms with Crippen molar-refractivity contribution in [1.29, 1.82) is 0 Å². The highest BCUT2D eigenvalue weighted by Gasteiger charge is 2.46. The first-order valence-electron chi connectivity index (χ1n) is 16.1. The highest BCUT2D eigenvalue weighted by molar-refractivity contribution is 6.77. The molecule has 3 aliphatic heterocycles. The van der Waals surface area contributed by atoms with E-state index in [4.69, 9.17) is 23.4 Å². The Hall–Kier alpha value is -1.69. The second-order valence-electron chi connectivity index (χ2n) is 13.7. The molecular formula is C35H56O6Si. The summed E-state index contributed by atoms with van der Waals surface area (Å²) < 4.78 is 31.2. The fourth-order valence-electron chi connectivity index (χ4n) is 6.97. The van der Waals surface area contributed by atoms with Crippen LogP contribution in [0.2, 0.25) is 16.6 Å². The van der Waals surface area contributed by atoms with Crippen molar-refractivity contribution < 1.29 is 28.2 Å². The molecule has 42 heavy (non-hydrogen) atoms. The molecule has 3 heterocycles. The molecule has 0 aromatic heterocycles. The molecule has 0 aliphatic carbocycles. The zero-order valence-electron chi connectivity index (χ0n) is 27.4. The molecule has 7 heteroatoms. The number of carbonyl (C=O) groups excluding carboxylic acids is 1. The van der Waals surface area contributed by atoms with Gasteiger partial charge in [-0.05, 0) is 62.6 Å². The molecule has 0 aromatic rings. The highest BCUT2D eigenvalue weighted by atomic mass is 28.4. The Bertz CT molecular complexity index is 994. The van der Waals surface area contributed by atoms with Gasteiger partial charge in [-0.25, -0.2) is 4.79 Å². The number of cyclic esters (lactones) is 1. The van der Waals surface area contributed by atoms with Crippen molar-refractivity contribution in [2.75, 3.05) is 6.61 Å². The van der Waals surface area contributed by atoms with E-state index < -0.39 is 20.1 Å². The van der Waals surface area contributed by atoms with Gasteiger partial charge in [0.25, 0.3) is 0 Å². The number of carbonyl (C=O) groups is 1. The first kappa shape index (κ1) is 34.8. The summed E-state index contributed by atoms with van der Waals surface area (Å²) in [7, 11) is -2.13. The summed E-state index contributed by atoms with van der Waals surface area (Å²) >= 11 is 0. The minimum absolute atomic E-state index is 0.0744. The van der Waals surface area contributed by atoms with Gasteiger partial charge in [0, 0.05) is 25.2 Å². The minimum Gasteiger partial charge on any atom is -0.452 e. The second kappa shape index (κ2) is 15.9. The summed E-state index contributed by atoms with van der Waals surface area (Å²) in [4.78, 5) is 12.8. The van der Waals surface area contributed by atoms with Crippen LogP contribution >= 0.6 is 0 Å². The van der Waals surface area contributed by atoms with E-state index in [1.54, 1.807) is 0 Å². The molecule has 1 saturated heterocycles. The summed E-state index contributed by atoms with van der Waals surface area (Å²) in [5.41, 5.74) is 2.64. The van der Waals surface area contributed by atoms with Crippen molar-refractivity contribution in [3.05, 3.63) is 36.5 Å². The molecule has 5 unspecified atom stereocenters. The molecule has 0 N–H and O–H groups in total. The lowest BCUT2D eigenvalue weighted by Gasteiger charge is -2.44. The molecule has 3 aliphatic rings. The molecule has 0 amide bonds. The van der Waals surface area contributed by atoms with E-state index in [2.05, 4.69) is 84.3 Å². The topological polar surface area (TPSA) is 63.2 Å². The zero-order valence-corrected chi connectivity index (χ0v) is 28.4. The van der Waals surface area contributed by atoms with Crippen LogP contribution in [0.5, 0.6) is 0 Å². The molecule has 0 spiro atoms. The van der Waals surface area contributed by atoms with E-state index in [1.165, 1.54) is 5.57 Å². The third-order valence-corrected chi connectivity index (χ3v) is 15.0. The van der Waals surface area contributed by atoms with Crippen molar-refractivity contribution in [2.24, 2.45) is 0 Å². The molecular weight excluding hydrogens is 544 g/mol. The van der Waals surface area contributed by atoms with Crippen LogP contribution in [0.4, 0.5) is 0 Å². The maximum absolute atomic E-state index is 12.8. The summed E-state index contributed by atoms with van der Waals surface area (Å²) in [5, 5.41) is 0. The van der Waals surface area contributed by atoms with Crippen LogP contribution in [0.3, 0.4) is 0 Å². The molecule has 0 aromatic carbocycles. The van der Waals surface area contributed by atoms with E-state index in [9.17, 15) is 4.79 Å².